The van der Waals surface area contributed by atoms with Crippen LogP contribution in [-0.2, 0) is 0 Å². The summed E-state index contributed by atoms with van der Waals surface area (Å²) in [6, 6.07) is 14.3. The smallest absolute Gasteiger partial charge is 0.337 e. The van der Waals surface area contributed by atoms with Crippen LogP contribution >= 0.6 is 11.6 Å². The molecule has 2 aromatic rings. The molecule has 0 amide bonds. The average Bonchev–Trinajstić information content (AvgIpc) is 2.38. The Hall–Kier alpha value is -2.00. The Kier molecular flexibility index (Phi) is 3.53. The second kappa shape index (κ2) is 5.10. The van der Waals surface area contributed by atoms with E-state index in [0.29, 0.717) is 10.7 Å². The standard InChI is InChI=1S/C14H12ClNO2/c1-16(10-6-3-2-4-7-10)13-11(14(17)18)8-5-9-12(13)15/h2-9H,1H3,(H,17,18). The third kappa shape index (κ3) is 2.31. The Morgan fingerprint density at radius 1 is 1.11 bits per heavy atom. The molecule has 0 aromatic heterocycles. The van der Waals surface area contributed by atoms with Crippen molar-refractivity contribution in [1.82, 2.24) is 0 Å². The number of nitrogens with zero attached hydrogens (tertiary/aromatic N) is 1. The van der Waals surface area contributed by atoms with Crippen LogP contribution in [0.5, 0.6) is 0 Å². The van der Waals surface area contributed by atoms with Crippen LogP contribution in [0.1, 0.15) is 10.4 Å². The maximum Gasteiger partial charge on any atom is 0.337 e. The first-order chi connectivity index (χ1) is 8.61. The largest absolute Gasteiger partial charge is 0.478 e. The third-order valence-electron chi connectivity index (χ3n) is 2.70. The van der Waals surface area contributed by atoms with Gasteiger partial charge in [-0.3, -0.25) is 0 Å². The van der Waals surface area contributed by atoms with Crippen molar-refractivity contribution in [2.45, 2.75) is 0 Å². The van der Waals surface area contributed by atoms with E-state index in [2.05, 4.69) is 0 Å². The number of hydrogen-bond acceptors (Lipinski definition) is 2. The quantitative estimate of drug-likeness (QED) is 0.913. The van der Waals surface area contributed by atoms with Gasteiger partial charge in [0.05, 0.1) is 16.3 Å². The van der Waals surface area contributed by atoms with Gasteiger partial charge in [-0.2, -0.15) is 0 Å². The molecule has 0 aliphatic rings. The van der Waals surface area contributed by atoms with E-state index in [0.717, 1.165) is 5.69 Å². The third-order valence-corrected chi connectivity index (χ3v) is 3.00. The molecule has 0 aliphatic carbocycles. The van der Waals surface area contributed by atoms with Gasteiger partial charge in [0.15, 0.2) is 0 Å². The highest BCUT2D eigenvalue weighted by Crippen LogP contribution is 2.33. The van der Waals surface area contributed by atoms with E-state index in [1.165, 1.54) is 0 Å². The van der Waals surface area contributed by atoms with Crippen molar-refractivity contribution >= 4 is 28.9 Å². The minimum Gasteiger partial charge on any atom is -0.478 e. The fourth-order valence-corrected chi connectivity index (χ4v) is 2.11. The van der Waals surface area contributed by atoms with Gasteiger partial charge in [-0.1, -0.05) is 35.9 Å². The van der Waals surface area contributed by atoms with Gasteiger partial charge in [-0.05, 0) is 24.3 Å². The van der Waals surface area contributed by atoms with E-state index in [9.17, 15) is 9.90 Å². The Morgan fingerprint density at radius 3 is 2.39 bits per heavy atom. The van der Waals surface area contributed by atoms with Crippen molar-refractivity contribution in [3.8, 4) is 0 Å². The van der Waals surface area contributed by atoms with Crippen molar-refractivity contribution in [2.75, 3.05) is 11.9 Å². The molecular formula is C14H12ClNO2. The molecule has 0 bridgehead atoms. The van der Waals surface area contributed by atoms with Crippen LogP contribution < -0.4 is 4.90 Å². The number of para-hydroxylation sites is 2. The average molecular weight is 262 g/mol. The van der Waals surface area contributed by atoms with Crippen LogP contribution in [0, 0.1) is 0 Å². The summed E-state index contributed by atoms with van der Waals surface area (Å²) in [6.45, 7) is 0. The summed E-state index contributed by atoms with van der Waals surface area (Å²) in [5, 5.41) is 9.62. The molecule has 0 saturated heterocycles. The molecule has 0 heterocycles. The Morgan fingerprint density at radius 2 is 1.78 bits per heavy atom. The van der Waals surface area contributed by atoms with Crippen molar-refractivity contribution in [3.05, 3.63) is 59.1 Å². The minimum absolute atomic E-state index is 0.189. The zero-order chi connectivity index (χ0) is 13.1. The van der Waals surface area contributed by atoms with Crippen molar-refractivity contribution in [3.63, 3.8) is 0 Å². The second-order valence-corrected chi connectivity index (χ2v) is 4.24. The number of benzene rings is 2. The summed E-state index contributed by atoms with van der Waals surface area (Å²) < 4.78 is 0. The Bertz CT molecular complexity index is 569. The van der Waals surface area contributed by atoms with E-state index in [1.54, 1.807) is 30.1 Å². The molecule has 4 heteroatoms. The van der Waals surface area contributed by atoms with Crippen molar-refractivity contribution in [2.24, 2.45) is 0 Å². The number of halogens is 1. The molecule has 2 aromatic carbocycles. The van der Waals surface area contributed by atoms with Crippen LogP contribution in [0.2, 0.25) is 5.02 Å². The second-order valence-electron chi connectivity index (χ2n) is 3.84. The number of aromatic carboxylic acids is 1. The van der Waals surface area contributed by atoms with E-state index in [4.69, 9.17) is 11.6 Å². The van der Waals surface area contributed by atoms with Crippen LogP contribution in [0.3, 0.4) is 0 Å². The van der Waals surface area contributed by atoms with Gasteiger partial charge in [-0.15, -0.1) is 0 Å². The number of hydrogen-bond donors (Lipinski definition) is 1. The first-order valence-corrected chi connectivity index (χ1v) is 5.79. The van der Waals surface area contributed by atoms with Gasteiger partial charge < -0.3 is 10.0 Å². The van der Waals surface area contributed by atoms with E-state index < -0.39 is 5.97 Å². The molecule has 3 nitrogen and oxygen atoms in total. The van der Waals surface area contributed by atoms with Crippen LogP contribution in [0.4, 0.5) is 11.4 Å². The predicted octanol–water partition coefficient (Wildman–Crippen LogP) is 3.81. The molecule has 0 saturated carbocycles. The maximum absolute atomic E-state index is 11.2. The van der Waals surface area contributed by atoms with E-state index in [1.807, 2.05) is 30.3 Å². The highest BCUT2D eigenvalue weighted by molar-refractivity contribution is 6.34. The zero-order valence-corrected chi connectivity index (χ0v) is 10.6. The molecule has 18 heavy (non-hydrogen) atoms. The summed E-state index contributed by atoms with van der Waals surface area (Å²) >= 11 is 6.11. The molecule has 0 atom stereocenters. The number of carbonyl (C=O) groups is 1. The SMILES string of the molecule is CN(c1ccccc1)c1c(Cl)cccc1C(=O)O. The topological polar surface area (TPSA) is 40.5 Å². The Balaban J connectivity index is 2.54. The summed E-state index contributed by atoms with van der Waals surface area (Å²) in [4.78, 5) is 13.0. The minimum atomic E-state index is -0.990. The first-order valence-electron chi connectivity index (χ1n) is 5.42. The highest BCUT2D eigenvalue weighted by Gasteiger charge is 2.17. The van der Waals surface area contributed by atoms with Crippen LogP contribution in [0.25, 0.3) is 0 Å². The fraction of sp³-hybridized carbons (Fsp3) is 0.0714. The van der Waals surface area contributed by atoms with Gasteiger partial charge in [0, 0.05) is 12.7 Å². The summed E-state index contributed by atoms with van der Waals surface area (Å²) in [5.41, 5.74) is 1.57. The van der Waals surface area contributed by atoms with Gasteiger partial charge in [0.25, 0.3) is 0 Å². The summed E-state index contributed by atoms with van der Waals surface area (Å²) in [7, 11) is 1.79. The molecule has 0 aliphatic heterocycles. The van der Waals surface area contributed by atoms with Gasteiger partial charge in [0.2, 0.25) is 0 Å². The molecule has 1 N–H and O–H groups in total. The molecule has 0 unspecified atom stereocenters. The number of rotatable bonds is 3. The van der Waals surface area contributed by atoms with Gasteiger partial charge >= 0.3 is 5.97 Å². The lowest BCUT2D eigenvalue weighted by atomic mass is 10.1. The van der Waals surface area contributed by atoms with Crippen LogP contribution in [-0.4, -0.2) is 18.1 Å². The molecule has 0 spiro atoms. The Labute approximate surface area is 110 Å². The molecule has 0 fully saturated rings. The maximum atomic E-state index is 11.2. The highest BCUT2D eigenvalue weighted by atomic mass is 35.5. The van der Waals surface area contributed by atoms with E-state index >= 15 is 0 Å². The molecule has 92 valence electrons. The van der Waals surface area contributed by atoms with Crippen LogP contribution in [0.15, 0.2) is 48.5 Å². The van der Waals surface area contributed by atoms with Gasteiger partial charge in [-0.25, -0.2) is 4.79 Å². The molecular weight excluding hydrogens is 250 g/mol. The van der Waals surface area contributed by atoms with E-state index in [-0.39, 0.29) is 5.56 Å². The normalized spacial score (nSPS) is 10.1. The van der Waals surface area contributed by atoms with Crippen molar-refractivity contribution in [1.29, 1.82) is 0 Å². The summed E-state index contributed by atoms with van der Waals surface area (Å²) in [6.07, 6.45) is 0. The molecule has 2 rings (SSSR count). The molecule has 0 radical (unpaired) electrons. The first kappa shape index (κ1) is 12.5. The number of carboxylic acids is 1. The lowest BCUT2D eigenvalue weighted by molar-refractivity contribution is 0.0697. The number of anilines is 2. The number of carboxylic acid groups (broad SMARTS) is 1. The lowest BCUT2D eigenvalue weighted by Gasteiger charge is -2.22. The zero-order valence-electron chi connectivity index (χ0n) is 9.80. The lowest BCUT2D eigenvalue weighted by Crippen LogP contribution is -2.14. The summed E-state index contributed by atoms with van der Waals surface area (Å²) in [5.74, 6) is -0.990. The fourth-order valence-electron chi connectivity index (χ4n) is 1.81. The predicted molar refractivity (Wildman–Crippen MR) is 72.9 cm³/mol. The monoisotopic (exact) mass is 261 g/mol. The van der Waals surface area contributed by atoms with Crippen molar-refractivity contribution < 1.29 is 9.90 Å². The van der Waals surface area contributed by atoms with Gasteiger partial charge in [0.1, 0.15) is 0 Å².